The number of thiazole rings is 1. The smallest absolute Gasteiger partial charge is 0.309 e. The van der Waals surface area contributed by atoms with Crippen LogP contribution in [0.15, 0.2) is 22.2 Å². The van der Waals surface area contributed by atoms with Gasteiger partial charge >= 0.3 is 5.97 Å². The molecule has 0 N–H and O–H groups in total. The van der Waals surface area contributed by atoms with Gasteiger partial charge in [0.25, 0.3) is 0 Å². The Balaban J connectivity index is 1.92. The Hall–Kier alpha value is -1.24. The monoisotopic (exact) mass is 310 g/mol. The summed E-state index contributed by atoms with van der Waals surface area (Å²) in [4.78, 5) is 18.1. The van der Waals surface area contributed by atoms with E-state index in [1.807, 2.05) is 14.0 Å². The van der Waals surface area contributed by atoms with E-state index >= 15 is 0 Å². The van der Waals surface area contributed by atoms with E-state index in [0.717, 1.165) is 17.2 Å². The molecule has 4 nitrogen and oxygen atoms in total. The fourth-order valence-corrected chi connectivity index (χ4v) is 3.51. The number of carbonyl (C=O) groups excluding carboxylic acids is 1. The number of hydrogen-bond acceptors (Lipinski definition) is 6. The van der Waals surface area contributed by atoms with Crippen LogP contribution in [0.25, 0.3) is 10.6 Å². The molecule has 6 heteroatoms. The van der Waals surface area contributed by atoms with Gasteiger partial charge in [-0.2, -0.15) is 11.3 Å². The predicted molar refractivity (Wildman–Crippen MR) is 82.9 cm³/mol. The van der Waals surface area contributed by atoms with Crippen LogP contribution in [0.4, 0.5) is 0 Å². The summed E-state index contributed by atoms with van der Waals surface area (Å²) in [6.45, 7) is 3.28. The van der Waals surface area contributed by atoms with Gasteiger partial charge in [-0.05, 0) is 18.5 Å². The first kappa shape index (κ1) is 15.2. The maximum absolute atomic E-state index is 11.4. The number of esters is 1. The summed E-state index contributed by atoms with van der Waals surface area (Å²) in [5, 5.41) is 7.29. The minimum Gasteiger partial charge on any atom is -0.469 e. The third-order valence-corrected chi connectivity index (χ3v) is 4.56. The average Bonchev–Trinajstić information content (AvgIpc) is 3.07. The molecule has 0 radical (unpaired) electrons. The van der Waals surface area contributed by atoms with E-state index in [4.69, 9.17) is 4.74 Å². The number of aromatic nitrogens is 1. The first-order chi connectivity index (χ1) is 9.60. The predicted octanol–water partition coefficient (Wildman–Crippen LogP) is 3.11. The second-order valence-electron chi connectivity index (χ2n) is 4.78. The summed E-state index contributed by atoms with van der Waals surface area (Å²) >= 11 is 3.33. The molecule has 0 aliphatic rings. The van der Waals surface area contributed by atoms with Crippen molar-refractivity contribution in [2.75, 3.05) is 20.7 Å². The van der Waals surface area contributed by atoms with Gasteiger partial charge in [-0.15, -0.1) is 11.3 Å². The fourth-order valence-electron chi connectivity index (χ4n) is 1.98. The van der Waals surface area contributed by atoms with Gasteiger partial charge in [-0.3, -0.25) is 9.69 Å². The molecule has 0 aliphatic carbocycles. The van der Waals surface area contributed by atoms with Crippen LogP contribution >= 0.6 is 22.7 Å². The minimum absolute atomic E-state index is 0.125. The normalized spacial score (nSPS) is 12.6. The van der Waals surface area contributed by atoms with Crippen LogP contribution in [0.1, 0.15) is 12.6 Å². The van der Waals surface area contributed by atoms with E-state index < -0.39 is 0 Å². The lowest BCUT2D eigenvalue weighted by Gasteiger charge is -2.18. The van der Waals surface area contributed by atoms with Gasteiger partial charge in [-0.25, -0.2) is 4.98 Å². The van der Waals surface area contributed by atoms with Gasteiger partial charge < -0.3 is 4.74 Å². The Morgan fingerprint density at radius 1 is 1.50 bits per heavy atom. The van der Waals surface area contributed by atoms with Crippen molar-refractivity contribution in [1.82, 2.24) is 9.88 Å². The summed E-state index contributed by atoms with van der Waals surface area (Å²) in [7, 11) is 3.41. The highest BCUT2D eigenvalue weighted by Crippen LogP contribution is 2.26. The van der Waals surface area contributed by atoms with E-state index in [1.165, 1.54) is 12.7 Å². The van der Waals surface area contributed by atoms with Gasteiger partial charge in [0.05, 0.1) is 18.7 Å². The van der Waals surface area contributed by atoms with Crippen molar-refractivity contribution in [2.24, 2.45) is 5.92 Å². The first-order valence-corrected chi connectivity index (χ1v) is 8.15. The van der Waals surface area contributed by atoms with Crippen LogP contribution in [0.3, 0.4) is 0 Å². The molecule has 2 heterocycles. The Bertz CT molecular complexity index is 551. The zero-order chi connectivity index (χ0) is 14.5. The number of ether oxygens (including phenoxy) is 1. The van der Waals surface area contributed by atoms with Crippen LogP contribution in [0.2, 0.25) is 0 Å². The second-order valence-corrected chi connectivity index (χ2v) is 6.42. The molecule has 0 fully saturated rings. The molecule has 2 aromatic heterocycles. The van der Waals surface area contributed by atoms with Crippen molar-refractivity contribution < 1.29 is 9.53 Å². The third-order valence-electron chi connectivity index (χ3n) is 2.94. The number of methoxy groups -OCH3 is 1. The summed E-state index contributed by atoms with van der Waals surface area (Å²) in [5.74, 6) is -0.297. The molecule has 0 amide bonds. The number of nitrogens with zero attached hydrogens (tertiary/aromatic N) is 2. The maximum Gasteiger partial charge on any atom is 0.309 e. The standard InChI is InChI=1S/C14H18N2O2S2/c1-10(14(17)18-3)6-16(2)7-12-9-20-13(15-12)11-4-5-19-8-11/h4-5,8-10H,6-7H2,1-3H3/t10-/m1/s1. The van der Waals surface area contributed by atoms with Crippen LogP contribution in [0, 0.1) is 5.92 Å². The molecule has 2 aromatic rings. The zero-order valence-corrected chi connectivity index (χ0v) is 13.5. The molecule has 0 spiro atoms. The highest BCUT2D eigenvalue weighted by Gasteiger charge is 2.16. The van der Waals surface area contributed by atoms with Crippen molar-refractivity contribution >= 4 is 28.6 Å². The van der Waals surface area contributed by atoms with Crippen molar-refractivity contribution in [3.63, 3.8) is 0 Å². The Morgan fingerprint density at radius 2 is 2.30 bits per heavy atom. The minimum atomic E-state index is -0.172. The number of carbonyl (C=O) groups is 1. The summed E-state index contributed by atoms with van der Waals surface area (Å²) in [6.07, 6.45) is 0. The quantitative estimate of drug-likeness (QED) is 0.769. The molecule has 2 rings (SSSR count). The third kappa shape index (κ3) is 3.88. The van der Waals surface area contributed by atoms with Crippen LogP contribution in [-0.4, -0.2) is 36.6 Å². The van der Waals surface area contributed by atoms with E-state index in [9.17, 15) is 4.79 Å². The maximum atomic E-state index is 11.4. The average molecular weight is 310 g/mol. The molecule has 0 bridgehead atoms. The van der Waals surface area contributed by atoms with Crippen molar-refractivity contribution in [3.05, 3.63) is 27.9 Å². The summed E-state index contributed by atoms with van der Waals surface area (Å²) < 4.78 is 4.74. The second kappa shape index (κ2) is 6.97. The lowest BCUT2D eigenvalue weighted by Crippen LogP contribution is -2.29. The Labute approximate surface area is 127 Å². The van der Waals surface area contributed by atoms with E-state index in [-0.39, 0.29) is 11.9 Å². The molecule has 0 saturated heterocycles. The molecular formula is C14H18N2O2S2. The first-order valence-electron chi connectivity index (χ1n) is 6.33. The molecule has 108 valence electrons. The van der Waals surface area contributed by atoms with Gasteiger partial charge in [0.2, 0.25) is 0 Å². The molecule has 0 aromatic carbocycles. The summed E-state index contributed by atoms with van der Waals surface area (Å²) in [5.41, 5.74) is 2.22. The summed E-state index contributed by atoms with van der Waals surface area (Å²) in [6, 6.07) is 2.08. The lowest BCUT2D eigenvalue weighted by molar-refractivity contribution is -0.145. The highest BCUT2D eigenvalue weighted by atomic mass is 32.1. The Morgan fingerprint density at radius 3 is 2.95 bits per heavy atom. The number of hydrogen-bond donors (Lipinski definition) is 0. The molecule has 20 heavy (non-hydrogen) atoms. The van der Waals surface area contributed by atoms with Gasteiger partial charge in [-0.1, -0.05) is 6.92 Å². The van der Waals surface area contributed by atoms with Gasteiger partial charge in [0, 0.05) is 29.4 Å². The van der Waals surface area contributed by atoms with Crippen LogP contribution in [-0.2, 0) is 16.1 Å². The zero-order valence-electron chi connectivity index (χ0n) is 11.8. The molecule has 1 atom stereocenters. The lowest BCUT2D eigenvalue weighted by atomic mass is 10.2. The van der Waals surface area contributed by atoms with E-state index in [2.05, 4.69) is 32.1 Å². The van der Waals surface area contributed by atoms with E-state index in [0.29, 0.717) is 6.54 Å². The van der Waals surface area contributed by atoms with Gasteiger partial charge in [0.1, 0.15) is 5.01 Å². The molecular weight excluding hydrogens is 292 g/mol. The van der Waals surface area contributed by atoms with Crippen molar-refractivity contribution in [1.29, 1.82) is 0 Å². The Kier molecular flexibility index (Phi) is 5.28. The molecule has 0 saturated carbocycles. The largest absolute Gasteiger partial charge is 0.469 e. The van der Waals surface area contributed by atoms with Crippen molar-refractivity contribution in [3.8, 4) is 10.6 Å². The van der Waals surface area contributed by atoms with Gasteiger partial charge in [0.15, 0.2) is 0 Å². The fraction of sp³-hybridized carbons (Fsp3) is 0.429. The molecule has 0 aliphatic heterocycles. The van der Waals surface area contributed by atoms with Crippen LogP contribution < -0.4 is 0 Å². The highest BCUT2D eigenvalue weighted by molar-refractivity contribution is 7.14. The topological polar surface area (TPSA) is 42.4 Å². The van der Waals surface area contributed by atoms with Crippen molar-refractivity contribution in [2.45, 2.75) is 13.5 Å². The molecule has 0 unspecified atom stereocenters. The SMILES string of the molecule is COC(=O)[C@H](C)CN(C)Cc1csc(-c2ccsc2)n1. The number of thiophene rings is 1. The van der Waals surface area contributed by atoms with E-state index in [1.54, 1.807) is 22.7 Å². The van der Waals surface area contributed by atoms with Crippen LogP contribution in [0.5, 0.6) is 0 Å². The number of rotatable bonds is 6.